The van der Waals surface area contributed by atoms with Gasteiger partial charge >= 0.3 is 0 Å². The lowest BCUT2D eigenvalue weighted by Gasteiger charge is -2.21. The predicted octanol–water partition coefficient (Wildman–Crippen LogP) is 2.17. The van der Waals surface area contributed by atoms with E-state index in [0.717, 1.165) is 18.5 Å². The quantitative estimate of drug-likeness (QED) is 0.661. The van der Waals surface area contributed by atoms with Crippen LogP contribution >= 0.6 is 11.8 Å². The minimum Gasteiger partial charge on any atom is -0.271 e. The Hall–Kier alpha value is -1.36. The van der Waals surface area contributed by atoms with Crippen LogP contribution in [0.1, 0.15) is 11.3 Å². The molecule has 1 aliphatic rings. The molecule has 2 unspecified atom stereocenters. The van der Waals surface area contributed by atoms with Crippen LogP contribution in [0.2, 0.25) is 0 Å². The third-order valence-electron chi connectivity index (χ3n) is 3.49. The van der Waals surface area contributed by atoms with Gasteiger partial charge in [0.1, 0.15) is 0 Å². The van der Waals surface area contributed by atoms with E-state index in [9.17, 15) is 0 Å². The first kappa shape index (κ1) is 12.7. The zero-order chi connectivity index (χ0) is 13.1. The highest BCUT2D eigenvalue weighted by Gasteiger charge is 2.28. The van der Waals surface area contributed by atoms with E-state index < -0.39 is 0 Å². The molecule has 1 aromatic heterocycles. The van der Waals surface area contributed by atoms with Gasteiger partial charge in [0.15, 0.2) is 0 Å². The van der Waals surface area contributed by atoms with Crippen LogP contribution in [-0.4, -0.2) is 16.3 Å². The number of benzene rings is 1. The normalized spacial score (nSPS) is 19.1. The van der Waals surface area contributed by atoms with Gasteiger partial charge in [-0.25, -0.2) is 0 Å². The zero-order valence-electron chi connectivity index (χ0n) is 10.6. The molecule has 0 spiro atoms. The Morgan fingerprint density at radius 3 is 2.84 bits per heavy atom. The van der Waals surface area contributed by atoms with E-state index in [2.05, 4.69) is 40.7 Å². The first-order valence-corrected chi connectivity index (χ1v) is 7.35. The second-order valence-electron chi connectivity index (χ2n) is 4.77. The highest BCUT2D eigenvalue weighted by molar-refractivity contribution is 8.00. The van der Waals surface area contributed by atoms with E-state index in [-0.39, 0.29) is 6.04 Å². The molecule has 3 nitrogen and oxygen atoms in total. The number of hydrogen-bond acceptors (Lipinski definition) is 4. The summed E-state index contributed by atoms with van der Waals surface area (Å²) in [4.78, 5) is 5.77. The van der Waals surface area contributed by atoms with Gasteiger partial charge < -0.3 is 0 Å². The standard InChI is InChI=1S/C15H17N3S/c16-18-13(10-12-6-3-4-8-17-12)15-9-11-5-1-2-7-14(11)19-15/h1-8,13,15,18H,9-10,16H2. The van der Waals surface area contributed by atoms with E-state index in [0.29, 0.717) is 5.25 Å². The van der Waals surface area contributed by atoms with Gasteiger partial charge in [0.05, 0.1) is 0 Å². The third-order valence-corrected chi connectivity index (χ3v) is 4.94. The molecule has 0 bridgehead atoms. The number of nitrogens with one attached hydrogen (secondary N) is 1. The minimum atomic E-state index is 0.243. The van der Waals surface area contributed by atoms with Gasteiger partial charge in [-0.2, -0.15) is 0 Å². The second kappa shape index (κ2) is 5.74. The predicted molar refractivity (Wildman–Crippen MR) is 78.8 cm³/mol. The fraction of sp³-hybridized carbons (Fsp3) is 0.267. The Bertz CT molecular complexity index is 519. The van der Waals surface area contributed by atoms with Crippen molar-refractivity contribution in [1.29, 1.82) is 0 Å². The van der Waals surface area contributed by atoms with Crippen LogP contribution in [0.15, 0.2) is 53.6 Å². The topological polar surface area (TPSA) is 50.9 Å². The van der Waals surface area contributed by atoms with Crippen LogP contribution in [0.25, 0.3) is 0 Å². The van der Waals surface area contributed by atoms with Crippen molar-refractivity contribution in [3.8, 4) is 0 Å². The number of rotatable bonds is 4. The van der Waals surface area contributed by atoms with Crippen molar-refractivity contribution >= 4 is 11.8 Å². The first-order valence-electron chi connectivity index (χ1n) is 6.47. The fourth-order valence-electron chi connectivity index (χ4n) is 2.48. The average molecular weight is 271 g/mol. The van der Waals surface area contributed by atoms with Crippen molar-refractivity contribution in [1.82, 2.24) is 10.4 Å². The summed E-state index contributed by atoms with van der Waals surface area (Å²) in [5, 5.41) is 0.476. The Balaban J connectivity index is 1.71. The number of nitrogens with two attached hydrogens (primary N) is 1. The zero-order valence-corrected chi connectivity index (χ0v) is 11.4. The van der Waals surface area contributed by atoms with E-state index in [1.54, 1.807) is 0 Å². The molecule has 2 aromatic rings. The summed E-state index contributed by atoms with van der Waals surface area (Å²) < 4.78 is 0. The Morgan fingerprint density at radius 2 is 2.11 bits per heavy atom. The van der Waals surface area contributed by atoms with Gasteiger partial charge in [-0.3, -0.25) is 16.3 Å². The van der Waals surface area contributed by atoms with Crippen LogP contribution in [0, 0.1) is 0 Å². The van der Waals surface area contributed by atoms with Crippen LogP contribution in [0.3, 0.4) is 0 Å². The lowest BCUT2D eigenvalue weighted by Crippen LogP contribution is -2.44. The van der Waals surface area contributed by atoms with Gasteiger partial charge in [0.2, 0.25) is 0 Å². The molecule has 4 heteroatoms. The molecule has 1 aromatic carbocycles. The fourth-order valence-corrected chi connectivity index (χ4v) is 3.86. The number of fused-ring (bicyclic) bond motifs is 1. The van der Waals surface area contributed by atoms with Gasteiger partial charge in [0, 0.05) is 34.5 Å². The van der Waals surface area contributed by atoms with Crippen LogP contribution < -0.4 is 11.3 Å². The van der Waals surface area contributed by atoms with Crippen molar-refractivity contribution in [2.24, 2.45) is 5.84 Å². The molecule has 0 fully saturated rings. The van der Waals surface area contributed by atoms with Crippen LogP contribution in [-0.2, 0) is 12.8 Å². The summed E-state index contributed by atoms with van der Waals surface area (Å²) in [5.74, 6) is 5.74. The number of nitrogens with zero attached hydrogens (tertiary/aromatic N) is 1. The maximum Gasteiger partial charge on any atom is 0.0420 e. The number of thioether (sulfide) groups is 1. The summed E-state index contributed by atoms with van der Waals surface area (Å²) in [6.07, 6.45) is 3.77. The van der Waals surface area contributed by atoms with Crippen LogP contribution in [0.5, 0.6) is 0 Å². The van der Waals surface area contributed by atoms with E-state index in [1.165, 1.54) is 10.5 Å². The van der Waals surface area contributed by atoms with Crippen molar-refractivity contribution in [3.05, 3.63) is 59.9 Å². The molecule has 2 atom stereocenters. The molecule has 0 radical (unpaired) electrons. The number of hydrogen-bond donors (Lipinski definition) is 2. The van der Waals surface area contributed by atoms with Crippen molar-refractivity contribution in [3.63, 3.8) is 0 Å². The lowest BCUT2D eigenvalue weighted by molar-refractivity contribution is 0.502. The summed E-state index contributed by atoms with van der Waals surface area (Å²) in [6, 6.07) is 14.8. The lowest BCUT2D eigenvalue weighted by atomic mass is 10.0. The number of pyridine rings is 1. The average Bonchev–Trinajstić information content (AvgIpc) is 2.89. The molecule has 1 aliphatic heterocycles. The third kappa shape index (κ3) is 2.81. The Kier molecular flexibility index (Phi) is 3.82. The van der Waals surface area contributed by atoms with Crippen molar-refractivity contribution in [2.45, 2.75) is 29.0 Å². The first-order chi connectivity index (χ1) is 9.36. The molecule has 0 aliphatic carbocycles. The monoisotopic (exact) mass is 271 g/mol. The highest BCUT2D eigenvalue weighted by atomic mass is 32.2. The molecular formula is C15H17N3S. The molecule has 3 N–H and O–H groups in total. The summed E-state index contributed by atoms with van der Waals surface area (Å²) >= 11 is 1.92. The Morgan fingerprint density at radius 1 is 1.26 bits per heavy atom. The van der Waals surface area contributed by atoms with Crippen molar-refractivity contribution < 1.29 is 0 Å². The molecule has 2 heterocycles. The molecular weight excluding hydrogens is 254 g/mol. The Labute approximate surface area is 117 Å². The SMILES string of the molecule is NNC(Cc1ccccn1)C1Cc2ccccc2S1. The highest BCUT2D eigenvalue weighted by Crippen LogP contribution is 2.38. The van der Waals surface area contributed by atoms with Gasteiger partial charge in [-0.15, -0.1) is 11.8 Å². The maximum atomic E-state index is 5.74. The molecule has 0 saturated carbocycles. The van der Waals surface area contributed by atoms with Gasteiger partial charge in [-0.05, 0) is 30.2 Å². The number of hydrazine groups is 1. The molecule has 3 rings (SSSR count). The van der Waals surface area contributed by atoms with Gasteiger partial charge in [-0.1, -0.05) is 24.3 Å². The summed E-state index contributed by atoms with van der Waals surface area (Å²) in [6.45, 7) is 0. The van der Waals surface area contributed by atoms with Crippen LogP contribution in [0.4, 0.5) is 0 Å². The second-order valence-corrected chi connectivity index (χ2v) is 6.05. The molecule has 98 valence electrons. The molecule has 0 amide bonds. The number of aromatic nitrogens is 1. The maximum absolute atomic E-state index is 5.74. The minimum absolute atomic E-state index is 0.243. The summed E-state index contributed by atoms with van der Waals surface area (Å²) in [7, 11) is 0. The van der Waals surface area contributed by atoms with E-state index >= 15 is 0 Å². The van der Waals surface area contributed by atoms with Gasteiger partial charge in [0.25, 0.3) is 0 Å². The van der Waals surface area contributed by atoms with E-state index in [1.807, 2.05) is 30.1 Å². The summed E-state index contributed by atoms with van der Waals surface area (Å²) in [5.41, 5.74) is 5.48. The van der Waals surface area contributed by atoms with E-state index in [4.69, 9.17) is 5.84 Å². The molecule has 0 saturated heterocycles. The largest absolute Gasteiger partial charge is 0.271 e. The molecule has 19 heavy (non-hydrogen) atoms. The van der Waals surface area contributed by atoms with Crippen molar-refractivity contribution in [2.75, 3.05) is 0 Å². The smallest absolute Gasteiger partial charge is 0.0420 e.